The van der Waals surface area contributed by atoms with Crippen LogP contribution in [0.5, 0.6) is 5.75 Å². The van der Waals surface area contributed by atoms with Gasteiger partial charge >= 0.3 is 0 Å². The van der Waals surface area contributed by atoms with Crippen molar-refractivity contribution in [3.63, 3.8) is 0 Å². The van der Waals surface area contributed by atoms with Crippen molar-refractivity contribution in [2.24, 2.45) is 0 Å². The summed E-state index contributed by atoms with van der Waals surface area (Å²) in [5, 5.41) is 0. The van der Waals surface area contributed by atoms with Crippen LogP contribution in [0.4, 0.5) is 10.1 Å². The third-order valence-electron chi connectivity index (χ3n) is 6.11. The molecule has 0 atom stereocenters. The Balaban J connectivity index is 1.73. The summed E-state index contributed by atoms with van der Waals surface area (Å²) < 4.78 is 28.3. The van der Waals surface area contributed by atoms with Crippen molar-refractivity contribution in [2.45, 2.75) is 26.3 Å². The van der Waals surface area contributed by atoms with Gasteiger partial charge in [0.1, 0.15) is 17.4 Å². The second-order valence-corrected chi connectivity index (χ2v) is 7.70. The number of imidazole rings is 1. The highest BCUT2D eigenvalue weighted by Gasteiger charge is 2.29. The number of ether oxygens (including phenoxy) is 2. The normalized spacial score (nSPS) is 16.9. The molecule has 0 aliphatic carbocycles. The van der Waals surface area contributed by atoms with Crippen molar-refractivity contribution >= 4 is 16.7 Å². The van der Waals surface area contributed by atoms with E-state index in [0.717, 1.165) is 29.7 Å². The Morgan fingerprint density at radius 2 is 1.93 bits per heavy atom. The lowest BCUT2D eigenvalue weighted by Gasteiger charge is -2.33. The number of anilines is 1. The second kappa shape index (κ2) is 6.48. The van der Waals surface area contributed by atoms with Crippen molar-refractivity contribution in [1.29, 1.82) is 0 Å². The van der Waals surface area contributed by atoms with Crippen molar-refractivity contribution in [1.82, 2.24) is 9.55 Å². The van der Waals surface area contributed by atoms with E-state index in [-0.39, 0.29) is 11.9 Å². The molecule has 0 unspecified atom stereocenters. The van der Waals surface area contributed by atoms with E-state index in [0.29, 0.717) is 35.9 Å². The molecule has 2 aliphatic rings. The van der Waals surface area contributed by atoms with E-state index < -0.39 is 0 Å². The third kappa shape index (κ3) is 2.51. The van der Waals surface area contributed by atoms with Gasteiger partial charge in [0.15, 0.2) is 0 Å². The van der Waals surface area contributed by atoms with Crippen molar-refractivity contribution < 1.29 is 13.9 Å². The topological polar surface area (TPSA) is 39.5 Å². The first-order valence-corrected chi connectivity index (χ1v) is 9.77. The number of aromatic nitrogens is 2. The molecule has 3 heterocycles. The first-order chi connectivity index (χ1) is 13.6. The molecular formula is C22H24FN3O2. The Morgan fingerprint density at radius 1 is 1.14 bits per heavy atom. The molecule has 146 valence electrons. The highest BCUT2D eigenvalue weighted by molar-refractivity contribution is 5.85. The molecule has 0 bridgehead atoms. The maximum atomic E-state index is 15.3. The molecule has 6 heteroatoms. The Hall–Kier alpha value is -2.60. The number of hydrogen-bond acceptors (Lipinski definition) is 4. The number of rotatable bonds is 4. The van der Waals surface area contributed by atoms with Gasteiger partial charge in [-0.3, -0.25) is 0 Å². The minimum Gasteiger partial charge on any atom is -0.496 e. The maximum absolute atomic E-state index is 15.3. The number of hydrogen-bond donors (Lipinski definition) is 0. The van der Waals surface area contributed by atoms with Gasteiger partial charge in [0.2, 0.25) is 0 Å². The highest BCUT2D eigenvalue weighted by Crippen LogP contribution is 2.38. The summed E-state index contributed by atoms with van der Waals surface area (Å²) in [7, 11) is 1.62. The van der Waals surface area contributed by atoms with E-state index in [4.69, 9.17) is 14.5 Å². The van der Waals surface area contributed by atoms with Crippen LogP contribution >= 0.6 is 0 Å². The van der Waals surface area contributed by atoms with Gasteiger partial charge in [0.05, 0.1) is 43.0 Å². The van der Waals surface area contributed by atoms with Crippen LogP contribution in [0.15, 0.2) is 24.3 Å². The van der Waals surface area contributed by atoms with E-state index in [1.165, 1.54) is 12.1 Å². The molecule has 0 spiro atoms. The average molecular weight is 381 g/mol. The lowest BCUT2D eigenvalue weighted by Crippen LogP contribution is -2.36. The molecule has 5 nitrogen and oxygen atoms in total. The Kier molecular flexibility index (Phi) is 4.05. The quantitative estimate of drug-likeness (QED) is 0.677. The van der Waals surface area contributed by atoms with E-state index in [2.05, 4.69) is 27.7 Å². The van der Waals surface area contributed by atoms with Gasteiger partial charge in [-0.05, 0) is 55.7 Å². The minimum atomic E-state index is -0.238. The molecular weight excluding hydrogens is 357 g/mol. The lowest BCUT2D eigenvalue weighted by atomic mass is 10.0. The number of nitrogens with zero attached hydrogens (tertiary/aromatic N) is 3. The maximum Gasteiger partial charge on any atom is 0.144 e. The zero-order valence-electron chi connectivity index (χ0n) is 16.5. The lowest BCUT2D eigenvalue weighted by molar-refractivity contribution is -0.0209. The SMILES string of the molecule is COc1cc(-c2nc3cc(N4CCC4)ccc3n2C2COC2)c(F)c(C)c1C. The summed E-state index contributed by atoms with van der Waals surface area (Å²) in [6.45, 7) is 7.07. The van der Waals surface area contributed by atoms with Crippen LogP contribution in [-0.2, 0) is 4.74 Å². The van der Waals surface area contributed by atoms with Crippen molar-refractivity contribution in [3.8, 4) is 17.1 Å². The Morgan fingerprint density at radius 3 is 2.54 bits per heavy atom. The molecule has 0 N–H and O–H groups in total. The summed E-state index contributed by atoms with van der Waals surface area (Å²) in [6, 6.07) is 8.30. The molecule has 2 fully saturated rings. The third-order valence-corrected chi connectivity index (χ3v) is 6.11. The van der Waals surface area contributed by atoms with Crippen LogP contribution in [0.2, 0.25) is 0 Å². The smallest absolute Gasteiger partial charge is 0.144 e. The largest absolute Gasteiger partial charge is 0.496 e. The molecule has 0 radical (unpaired) electrons. The number of methoxy groups -OCH3 is 1. The molecule has 3 aromatic rings. The monoisotopic (exact) mass is 381 g/mol. The summed E-state index contributed by atoms with van der Waals surface area (Å²) in [5.74, 6) is 1.08. The Labute approximate surface area is 163 Å². The van der Waals surface area contributed by atoms with Crippen LogP contribution in [0.3, 0.4) is 0 Å². The molecule has 2 aliphatic heterocycles. The van der Waals surface area contributed by atoms with Crippen molar-refractivity contribution in [2.75, 3.05) is 38.3 Å². The highest BCUT2D eigenvalue weighted by atomic mass is 19.1. The predicted molar refractivity (Wildman–Crippen MR) is 108 cm³/mol. The molecule has 0 amide bonds. The average Bonchev–Trinajstić information content (AvgIpc) is 2.96. The molecule has 0 saturated carbocycles. The summed E-state index contributed by atoms with van der Waals surface area (Å²) in [6.07, 6.45) is 1.23. The van der Waals surface area contributed by atoms with E-state index >= 15 is 4.39 Å². The van der Waals surface area contributed by atoms with Crippen molar-refractivity contribution in [3.05, 3.63) is 41.2 Å². The Bertz CT molecular complexity index is 1070. The van der Waals surface area contributed by atoms with Gasteiger partial charge in [-0.2, -0.15) is 0 Å². The van der Waals surface area contributed by atoms with Gasteiger partial charge < -0.3 is 18.9 Å². The zero-order chi connectivity index (χ0) is 19.4. The summed E-state index contributed by atoms with van der Waals surface area (Å²) in [5.41, 5.74) is 4.98. The standard InChI is InChI=1S/C22H24FN3O2/c1-13-14(2)21(23)17(10-20(13)27-3)22-24-18-9-15(25-7-4-8-25)5-6-19(18)26(22)16-11-28-12-16/h5-6,9-10,16H,4,7-8,11-12H2,1-3H3. The first kappa shape index (κ1) is 17.5. The fourth-order valence-corrected chi connectivity index (χ4v) is 4.02. The van der Waals surface area contributed by atoms with Gasteiger partial charge in [-0.15, -0.1) is 0 Å². The van der Waals surface area contributed by atoms with Crippen LogP contribution in [-0.4, -0.2) is 43.0 Å². The van der Waals surface area contributed by atoms with E-state index in [1.807, 2.05) is 6.92 Å². The van der Waals surface area contributed by atoms with Crippen LogP contribution in [0.1, 0.15) is 23.6 Å². The van der Waals surface area contributed by atoms with Crippen LogP contribution in [0.25, 0.3) is 22.4 Å². The molecule has 28 heavy (non-hydrogen) atoms. The molecule has 1 aromatic heterocycles. The van der Waals surface area contributed by atoms with Crippen LogP contribution in [0, 0.1) is 19.7 Å². The number of fused-ring (bicyclic) bond motifs is 1. The molecule has 2 aromatic carbocycles. The van der Waals surface area contributed by atoms with Gasteiger partial charge in [-0.25, -0.2) is 9.37 Å². The summed E-state index contributed by atoms with van der Waals surface area (Å²) in [4.78, 5) is 7.22. The summed E-state index contributed by atoms with van der Waals surface area (Å²) >= 11 is 0. The molecule has 2 saturated heterocycles. The van der Waals surface area contributed by atoms with E-state index in [1.54, 1.807) is 20.1 Å². The zero-order valence-corrected chi connectivity index (χ0v) is 16.5. The van der Waals surface area contributed by atoms with Gasteiger partial charge in [0.25, 0.3) is 0 Å². The fourth-order valence-electron chi connectivity index (χ4n) is 4.02. The van der Waals surface area contributed by atoms with Crippen LogP contribution < -0.4 is 9.64 Å². The number of benzene rings is 2. The fraction of sp³-hybridized carbons (Fsp3) is 0.409. The van der Waals surface area contributed by atoms with Gasteiger partial charge in [0, 0.05) is 18.8 Å². The van der Waals surface area contributed by atoms with E-state index in [9.17, 15) is 0 Å². The predicted octanol–water partition coefficient (Wildman–Crippen LogP) is 4.25. The molecule has 5 rings (SSSR count). The number of halogens is 1. The second-order valence-electron chi connectivity index (χ2n) is 7.70. The minimum absolute atomic E-state index is 0.168. The first-order valence-electron chi connectivity index (χ1n) is 9.77. The van der Waals surface area contributed by atoms with Gasteiger partial charge in [-0.1, -0.05) is 0 Å².